The van der Waals surface area contributed by atoms with Crippen molar-refractivity contribution in [1.29, 1.82) is 0 Å². The number of aliphatic hydroxyl groups excluding tert-OH is 1. The molecule has 18 heavy (non-hydrogen) atoms. The van der Waals surface area contributed by atoms with Crippen LogP contribution >= 0.6 is 0 Å². The van der Waals surface area contributed by atoms with Gasteiger partial charge in [0.25, 0.3) is 0 Å². The molecule has 4 nitrogen and oxygen atoms in total. The van der Waals surface area contributed by atoms with Crippen molar-refractivity contribution in [3.63, 3.8) is 0 Å². The van der Waals surface area contributed by atoms with E-state index in [1.165, 1.54) is 16.4 Å². The first-order chi connectivity index (χ1) is 8.41. The number of β-amino-alcohol motifs (C(OH)–C–C–N with tert-alkyl or cyclic N) is 1. The Balaban J connectivity index is 2.38. The summed E-state index contributed by atoms with van der Waals surface area (Å²) in [4.78, 5) is -0.0170. The highest BCUT2D eigenvalue weighted by Crippen LogP contribution is 2.24. The number of sulfonamides is 1. The maximum atomic E-state index is 13.2. The van der Waals surface area contributed by atoms with Gasteiger partial charge in [-0.3, -0.25) is 0 Å². The largest absolute Gasteiger partial charge is 0.392 e. The first-order valence-electron chi connectivity index (χ1n) is 5.85. The van der Waals surface area contributed by atoms with Crippen molar-refractivity contribution >= 4 is 10.0 Å². The molecular weight excluding hydrogens is 257 g/mol. The second-order valence-electron chi connectivity index (χ2n) is 4.57. The summed E-state index contributed by atoms with van der Waals surface area (Å²) in [6.07, 6.45) is 0.588. The van der Waals surface area contributed by atoms with Crippen LogP contribution in [0.25, 0.3) is 0 Å². The summed E-state index contributed by atoms with van der Waals surface area (Å²) in [6.45, 7) is 2.08. The number of aryl methyl sites for hydroxylation is 1. The summed E-state index contributed by atoms with van der Waals surface area (Å²) in [5, 5.41) is 9.53. The van der Waals surface area contributed by atoms with Gasteiger partial charge in [-0.05, 0) is 37.5 Å². The second-order valence-corrected chi connectivity index (χ2v) is 6.48. The number of benzene rings is 1. The Morgan fingerprint density at radius 3 is 2.83 bits per heavy atom. The van der Waals surface area contributed by atoms with E-state index in [1.54, 1.807) is 6.92 Å². The SMILES string of the molecule is Cc1ccc(F)cc1S(=O)(=O)N1CCC[C@H](O)C1. The van der Waals surface area contributed by atoms with Crippen molar-refractivity contribution in [2.24, 2.45) is 0 Å². The molecule has 0 saturated carbocycles. The highest BCUT2D eigenvalue weighted by atomic mass is 32.2. The van der Waals surface area contributed by atoms with Crippen LogP contribution in [0, 0.1) is 12.7 Å². The Labute approximate surface area is 106 Å². The summed E-state index contributed by atoms with van der Waals surface area (Å²) in [5.74, 6) is -0.572. The van der Waals surface area contributed by atoms with E-state index in [0.29, 0.717) is 24.9 Å². The van der Waals surface area contributed by atoms with Crippen LogP contribution in [0.5, 0.6) is 0 Å². The molecule has 1 heterocycles. The summed E-state index contributed by atoms with van der Waals surface area (Å²) < 4.78 is 39.1. The van der Waals surface area contributed by atoms with Crippen LogP contribution in [0.3, 0.4) is 0 Å². The van der Waals surface area contributed by atoms with Gasteiger partial charge < -0.3 is 5.11 Å². The molecule has 100 valence electrons. The third-order valence-corrected chi connectivity index (χ3v) is 5.13. The van der Waals surface area contributed by atoms with E-state index >= 15 is 0 Å². The summed E-state index contributed by atoms with van der Waals surface area (Å²) in [5.41, 5.74) is 0.511. The standard InChI is InChI=1S/C12H16FNO3S/c1-9-4-5-10(13)7-12(9)18(16,17)14-6-2-3-11(15)8-14/h4-5,7,11,15H,2-3,6,8H2,1H3/t11-/m0/s1. The quantitative estimate of drug-likeness (QED) is 0.883. The van der Waals surface area contributed by atoms with Crippen LogP contribution in [0.4, 0.5) is 4.39 Å². The molecule has 1 aliphatic rings. The van der Waals surface area contributed by atoms with Crippen LogP contribution < -0.4 is 0 Å². The van der Waals surface area contributed by atoms with Crippen LogP contribution in [-0.2, 0) is 10.0 Å². The highest BCUT2D eigenvalue weighted by Gasteiger charge is 2.30. The zero-order valence-electron chi connectivity index (χ0n) is 10.1. The molecule has 0 radical (unpaired) electrons. The van der Waals surface area contributed by atoms with E-state index in [-0.39, 0.29) is 11.4 Å². The van der Waals surface area contributed by atoms with Gasteiger partial charge in [0.1, 0.15) is 5.82 Å². The molecule has 6 heteroatoms. The van der Waals surface area contributed by atoms with E-state index in [2.05, 4.69) is 0 Å². The number of hydrogen-bond donors (Lipinski definition) is 1. The molecule has 1 fully saturated rings. The number of rotatable bonds is 2. The van der Waals surface area contributed by atoms with Gasteiger partial charge >= 0.3 is 0 Å². The minimum Gasteiger partial charge on any atom is -0.392 e. The minimum atomic E-state index is -3.71. The van der Waals surface area contributed by atoms with E-state index in [4.69, 9.17) is 0 Å². The number of halogens is 1. The molecule has 2 rings (SSSR count). The third-order valence-electron chi connectivity index (χ3n) is 3.13. The van der Waals surface area contributed by atoms with E-state index in [9.17, 15) is 17.9 Å². The van der Waals surface area contributed by atoms with Crippen molar-refractivity contribution in [2.45, 2.75) is 30.8 Å². The van der Waals surface area contributed by atoms with Crippen LogP contribution in [-0.4, -0.2) is 37.0 Å². The summed E-state index contributed by atoms with van der Waals surface area (Å²) in [7, 11) is -3.71. The van der Waals surface area contributed by atoms with Crippen molar-refractivity contribution in [3.05, 3.63) is 29.6 Å². The molecule has 0 aliphatic carbocycles. The Kier molecular flexibility index (Phi) is 3.70. The van der Waals surface area contributed by atoms with Crippen molar-refractivity contribution in [1.82, 2.24) is 4.31 Å². The summed E-state index contributed by atoms with van der Waals surface area (Å²) >= 11 is 0. The van der Waals surface area contributed by atoms with E-state index in [0.717, 1.165) is 6.07 Å². The first-order valence-corrected chi connectivity index (χ1v) is 7.29. The van der Waals surface area contributed by atoms with Gasteiger partial charge in [-0.25, -0.2) is 12.8 Å². The zero-order valence-corrected chi connectivity index (χ0v) is 11.0. The van der Waals surface area contributed by atoms with Crippen LogP contribution in [0.2, 0.25) is 0 Å². The molecule has 0 spiro atoms. The number of aliphatic hydroxyl groups is 1. The second kappa shape index (κ2) is 4.95. The molecule has 1 aromatic carbocycles. The van der Waals surface area contributed by atoms with Crippen molar-refractivity contribution in [2.75, 3.05) is 13.1 Å². The topological polar surface area (TPSA) is 57.6 Å². The van der Waals surface area contributed by atoms with Gasteiger partial charge in [0.15, 0.2) is 0 Å². The van der Waals surface area contributed by atoms with Crippen LogP contribution in [0.15, 0.2) is 23.1 Å². The molecule has 0 unspecified atom stereocenters. The predicted octanol–water partition coefficient (Wildman–Crippen LogP) is 1.28. The van der Waals surface area contributed by atoms with Gasteiger partial charge in [-0.1, -0.05) is 6.07 Å². The van der Waals surface area contributed by atoms with Gasteiger partial charge in [-0.15, -0.1) is 0 Å². The fourth-order valence-electron chi connectivity index (χ4n) is 2.13. The Morgan fingerprint density at radius 1 is 1.44 bits per heavy atom. The fourth-order valence-corrected chi connectivity index (χ4v) is 3.88. The van der Waals surface area contributed by atoms with Gasteiger partial charge in [0.05, 0.1) is 11.0 Å². The number of hydrogen-bond acceptors (Lipinski definition) is 3. The van der Waals surface area contributed by atoms with Crippen LogP contribution in [0.1, 0.15) is 18.4 Å². The maximum Gasteiger partial charge on any atom is 0.243 e. The van der Waals surface area contributed by atoms with Crippen molar-refractivity contribution in [3.8, 4) is 0 Å². The third kappa shape index (κ3) is 2.55. The fraction of sp³-hybridized carbons (Fsp3) is 0.500. The lowest BCUT2D eigenvalue weighted by Gasteiger charge is -2.29. The smallest absolute Gasteiger partial charge is 0.243 e. The average molecular weight is 273 g/mol. The molecule has 1 aromatic rings. The lowest BCUT2D eigenvalue weighted by Crippen LogP contribution is -2.42. The Morgan fingerprint density at radius 2 is 2.17 bits per heavy atom. The van der Waals surface area contributed by atoms with Gasteiger partial charge in [-0.2, -0.15) is 4.31 Å². The molecule has 0 aromatic heterocycles. The molecular formula is C12H16FNO3S. The zero-order chi connectivity index (χ0) is 13.3. The normalized spacial score (nSPS) is 22.1. The number of piperidine rings is 1. The minimum absolute atomic E-state index is 0.0170. The van der Waals surface area contributed by atoms with Gasteiger partial charge in [0, 0.05) is 13.1 Å². The van der Waals surface area contributed by atoms with Crippen molar-refractivity contribution < 1.29 is 17.9 Å². The lowest BCUT2D eigenvalue weighted by molar-refractivity contribution is 0.108. The summed E-state index contributed by atoms with van der Waals surface area (Å²) in [6, 6.07) is 3.72. The molecule has 1 atom stereocenters. The molecule has 1 saturated heterocycles. The molecule has 0 bridgehead atoms. The van der Waals surface area contributed by atoms with E-state index in [1.807, 2.05) is 0 Å². The Bertz CT molecular complexity index is 544. The molecule has 0 amide bonds. The monoisotopic (exact) mass is 273 g/mol. The van der Waals surface area contributed by atoms with Gasteiger partial charge in [0.2, 0.25) is 10.0 Å². The molecule has 1 N–H and O–H groups in total. The molecule has 1 aliphatic heterocycles. The van der Waals surface area contributed by atoms with E-state index < -0.39 is 21.9 Å². The lowest BCUT2D eigenvalue weighted by atomic mass is 10.1. The maximum absolute atomic E-state index is 13.2. The number of nitrogens with zero attached hydrogens (tertiary/aromatic N) is 1. The average Bonchev–Trinajstić information content (AvgIpc) is 2.32. The predicted molar refractivity (Wildman–Crippen MR) is 65.1 cm³/mol. The highest BCUT2D eigenvalue weighted by molar-refractivity contribution is 7.89. The Hall–Kier alpha value is -0.980. The first kappa shape index (κ1) is 13.5.